The van der Waals surface area contributed by atoms with E-state index in [1.807, 2.05) is 0 Å². The van der Waals surface area contributed by atoms with E-state index in [1.165, 1.54) is 0 Å². The van der Waals surface area contributed by atoms with Gasteiger partial charge in [-0.15, -0.1) is 0 Å². The minimum absolute atomic E-state index is 0.205. The summed E-state index contributed by atoms with van der Waals surface area (Å²) >= 11 is 0. The summed E-state index contributed by atoms with van der Waals surface area (Å²) in [6, 6.07) is 0. The summed E-state index contributed by atoms with van der Waals surface area (Å²) in [5, 5.41) is 0. The lowest BCUT2D eigenvalue weighted by molar-refractivity contribution is 0.111. The highest BCUT2D eigenvalue weighted by Gasteiger charge is 2.42. The van der Waals surface area contributed by atoms with Gasteiger partial charge in [0.2, 0.25) is 10.0 Å². The quantitative estimate of drug-likeness (QED) is 0.688. The molecule has 0 aromatic carbocycles. The van der Waals surface area contributed by atoms with E-state index >= 15 is 0 Å². The first-order valence-electron chi connectivity index (χ1n) is 4.87. The molecule has 1 aliphatic carbocycles. The van der Waals surface area contributed by atoms with Gasteiger partial charge in [0, 0.05) is 13.1 Å². The molecule has 3 nitrogen and oxygen atoms in total. The predicted molar refractivity (Wildman–Crippen MR) is 51.9 cm³/mol. The van der Waals surface area contributed by atoms with Crippen LogP contribution in [0.1, 0.15) is 26.7 Å². The molecular weight excluding hydrogens is 186 g/mol. The SMILES string of the molecule is CC1(C)CN(S(=O)(=O)CC2CC2)C1. The second-order valence-electron chi connectivity index (χ2n) is 5.15. The monoisotopic (exact) mass is 203 g/mol. The maximum absolute atomic E-state index is 11.7. The van der Waals surface area contributed by atoms with Crippen LogP contribution >= 0.6 is 0 Å². The summed E-state index contributed by atoms with van der Waals surface area (Å²) in [4.78, 5) is 0. The lowest BCUT2D eigenvalue weighted by atomic mass is 9.87. The van der Waals surface area contributed by atoms with Gasteiger partial charge in [-0.25, -0.2) is 12.7 Å². The van der Waals surface area contributed by atoms with Crippen molar-refractivity contribution in [2.45, 2.75) is 26.7 Å². The molecule has 1 saturated heterocycles. The minimum Gasteiger partial charge on any atom is -0.212 e. The van der Waals surface area contributed by atoms with Gasteiger partial charge in [0.25, 0.3) is 0 Å². The molecule has 4 heteroatoms. The highest BCUT2D eigenvalue weighted by molar-refractivity contribution is 7.89. The van der Waals surface area contributed by atoms with E-state index in [0.717, 1.165) is 12.8 Å². The van der Waals surface area contributed by atoms with Crippen LogP contribution in [0, 0.1) is 11.3 Å². The normalized spacial score (nSPS) is 28.5. The second kappa shape index (κ2) is 2.70. The van der Waals surface area contributed by atoms with Crippen molar-refractivity contribution in [2.24, 2.45) is 11.3 Å². The van der Waals surface area contributed by atoms with Gasteiger partial charge in [-0.1, -0.05) is 13.8 Å². The van der Waals surface area contributed by atoms with Gasteiger partial charge >= 0.3 is 0 Å². The van der Waals surface area contributed by atoms with E-state index in [-0.39, 0.29) is 5.41 Å². The Morgan fingerprint density at radius 3 is 2.23 bits per heavy atom. The number of nitrogens with zero attached hydrogens (tertiary/aromatic N) is 1. The largest absolute Gasteiger partial charge is 0.214 e. The summed E-state index contributed by atoms with van der Waals surface area (Å²) in [5.41, 5.74) is 0.205. The van der Waals surface area contributed by atoms with Gasteiger partial charge in [0.1, 0.15) is 0 Å². The Balaban J connectivity index is 1.93. The van der Waals surface area contributed by atoms with Crippen LogP contribution < -0.4 is 0 Å². The highest BCUT2D eigenvalue weighted by atomic mass is 32.2. The Morgan fingerprint density at radius 1 is 1.31 bits per heavy atom. The van der Waals surface area contributed by atoms with Crippen molar-refractivity contribution in [3.8, 4) is 0 Å². The van der Waals surface area contributed by atoms with Crippen molar-refractivity contribution in [1.82, 2.24) is 4.31 Å². The fourth-order valence-electron chi connectivity index (χ4n) is 1.79. The van der Waals surface area contributed by atoms with Crippen LogP contribution in [0.5, 0.6) is 0 Å². The van der Waals surface area contributed by atoms with Crippen molar-refractivity contribution in [3.63, 3.8) is 0 Å². The zero-order chi connectivity index (χ0) is 9.69. The van der Waals surface area contributed by atoms with Gasteiger partial charge < -0.3 is 0 Å². The Bertz CT molecular complexity index is 296. The molecule has 0 spiro atoms. The van der Waals surface area contributed by atoms with E-state index in [0.29, 0.717) is 24.8 Å². The highest BCUT2D eigenvalue weighted by Crippen LogP contribution is 2.36. The summed E-state index contributed by atoms with van der Waals surface area (Å²) in [5.74, 6) is 0.858. The number of hydrogen-bond donors (Lipinski definition) is 0. The smallest absolute Gasteiger partial charge is 0.212 e. The van der Waals surface area contributed by atoms with Crippen LogP contribution in [0.15, 0.2) is 0 Å². The number of rotatable bonds is 3. The molecule has 0 radical (unpaired) electrons. The minimum atomic E-state index is -2.90. The number of sulfonamides is 1. The molecule has 1 heterocycles. The van der Waals surface area contributed by atoms with E-state index in [9.17, 15) is 8.42 Å². The van der Waals surface area contributed by atoms with Gasteiger partial charge in [-0.05, 0) is 24.2 Å². The van der Waals surface area contributed by atoms with Crippen LogP contribution in [0.3, 0.4) is 0 Å². The molecular formula is C9H17NO2S. The standard InChI is InChI=1S/C9H17NO2S/c1-9(2)6-10(7-9)13(11,12)5-8-3-4-8/h8H,3-7H2,1-2H3. The van der Waals surface area contributed by atoms with E-state index in [1.54, 1.807) is 4.31 Å². The maximum Gasteiger partial charge on any atom is 0.214 e. The summed E-state index contributed by atoms with van der Waals surface area (Å²) < 4.78 is 25.0. The second-order valence-corrected chi connectivity index (χ2v) is 7.17. The first-order chi connectivity index (χ1) is 5.89. The molecule has 0 bridgehead atoms. The Morgan fingerprint density at radius 2 is 1.85 bits per heavy atom. The lowest BCUT2D eigenvalue weighted by Crippen LogP contribution is -2.55. The fourth-order valence-corrected chi connectivity index (χ4v) is 4.03. The molecule has 0 aromatic heterocycles. The molecule has 0 atom stereocenters. The summed E-state index contributed by atoms with van der Waals surface area (Å²) in [7, 11) is -2.90. The summed E-state index contributed by atoms with van der Waals surface area (Å²) in [6.07, 6.45) is 2.22. The predicted octanol–water partition coefficient (Wildman–Crippen LogP) is 1.07. The molecule has 2 rings (SSSR count). The van der Waals surface area contributed by atoms with E-state index in [4.69, 9.17) is 0 Å². The van der Waals surface area contributed by atoms with Crippen molar-refractivity contribution in [3.05, 3.63) is 0 Å². The molecule has 0 unspecified atom stereocenters. The third-order valence-electron chi connectivity index (χ3n) is 2.75. The summed E-state index contributed by atoms with van der Waals surface area (Å²) in [6.45, 7) is 5.64. The van der Waals surface area contributed by atoms with Crippen LogP contribution in [-0.2, 0) is 10.0 Å². The third-order valence-corrected chi connectivity index (χ3v) is 4.68. The molecule has 76 valence electrons. The lowest BCUT2D eigenvalue weighted by Gasteiger charge is -2.44. The van der Waals surface area contributed by atoms with Gasteiger partial charge in [0.05, 0.1) is 5.75 Å². The average molecular weight is 203 g/mol. The molecule has 2 aliphatic rings. The average Bonchev–Trinajstić information content (AvgIpc) is 2.65. The molecule has 13 heavy (non-hydrogen) atoms. The van der Waals surface area contributed by atoms with E-state index < -0.39 is 10.0 Å². The van der Waals surface area contributed by atoms with Crippen LogP contribution in [0.2, 0.25) is 0 Å². The zero-order valence-electron chi connectivity index (χ0n) is 8.28. The third kappa shape index (κ3) is 2.05. The Labute approximate surface area is 80.2 Å². The maximum atomic E-state index is 11.7. The Kier molecular flexibility index (Phi) is 1.97. The van der Waals surface area contributed by atoms with E-state index in [2.05, 4.69) is 13.8 Å². The van der Waals surface area contributed by atoms with Crippen LogP contribution in [0.4, 0.5) is 0 Å². The molecule has 1 aliphatic heterocycles. The molecule has 0 N–H and O–H groups in total. The molecule has 1 saturated carbocycles. The van der Waals surface area contributed by atoms with Crippen LogP contribution in [0.25, 0.3) is 0 Å². The van der Waals surface area contributed by atoms with Crippen LogP contribution in [-0.4, -0.2) is 31.6 Å². The number of hydrogen-bond acceptors (Lipinski definition) is 2. The van der Waals surface area contributed by atoms with Gasteiger partial charge in [-0.2, -0.15) is 0 Å². The van der Waals surface area contributed by atoms with Gasteiger partial charge in [0.15, 0.2) is 0 Å². The first kappa shape index (κ1) is 9.46. The molecule has 2 fully saturated rings. The Hall–Kier alpha value is -0.0900. The van der Waals surface area contributed by atoms with Crippen molar-refractivity contribution >= 4 is 10.0 Å². The zero-order valence-corrected chi connectivity index (χ0v) is 9.10. The fraction of sp³-hybridized carbons (Fsp3) is 1.00. The van der Waals surface area contributed by atoms with Gasteiger partial charge in [-0.3, -0.25) is 0 Å². The topological polar surface area (TPSA) is 37.4 Å². The van der Waals surface area contributed by atoms with Crippen molar-refractivity contribution in [1.29, 1.82) is 0 Å². The first-order valence-corrected chi connectivity index (χ1v) is 6.48. The molecule has 0 aromatic rings. The van der Waals surface area contributed by atoms with Crippen molar-refractivity contribution < 1.29 is 8.42 Å². The van der Waals surface area contributed by atoms with Crippen molar-refractivity contribution in [2.75, 3.05) is 18.8 Å². The molecule has 0 amide bonds.